The number of ether oxygens (including phenoxy) is 1. The Morgan fingerprint density at radius 3 is 2.90 bits per heavy atom. The highest BCUT2D eigenvalue weighted by Crippen LogP contribution is 2.30. The average molecular weight is 298 g/mol. The molecule has 5 heteroatoms. The van der Waals surface area contributed by atoms with Gasteiger partial charge in [0.1, 0.15) is 0 Å². The van der Waals surface area contributed by atoms with Crippen molar-refractivity contribution in [2.45, 2.75) is 6.92 Å². The van der Waals surface area contributed by atoms with Crippen molar-refractivity contribution >= 4 is 33.3 Å². The summed E-state index contributed by atoms with van der Waals surface area (Å²) in [4.78, 5) is 15.9. The Balaban J connectivity index is 1.93. The molecule has 0 unspecified atom stereocenters. The van der Waals surface area contributed by atoms with Crippen molar-refractivity contribution in [3.63, 3.8) is 0 Å². The van der Waals surface area contributed by atoms with Crippen LogP contribution in [0.4, 0.5) is 9.93 Å². The molecule has 0 bridgehead atoms. The smallest absolute Gasteiger partial charge is 0.413 e. The summed E-state index contributed by atoms with van der Waals surface area (Å²) in [7, 11) is 0. The standard InChI is InChI=1S/C16H14N2O2S/c1-2-20-16(19)18-15-17-14(10-21-15)13-9-5-7-11-6-3-4-8-12(11)13/h3-10H,2H2,1H3,(H,17,18,19). The second-order valence-corrected chi connectivity index (χ2v) is 5.27. The fourth-order valence-corrected chi connectivity index (χ4v) is 2.85. The number of nitrogens with one attached hydrogen (secondary N) is 1. The first-order valence-corrected chi connectivity index (χ1v) is 7.53. The minimum atomic E-state index is -0.476. The van der Waals surface area contributed by atoms with Gasteiger partial charge in [0, 0.05) is 10.9 Å². The van der Waals surface area contributed by atoms with E-state index in [1.54, 1.807) is 6.92 Å². The van der Waals surface area contributed by atoms with Gasteiger partial charge in [-0.05, 0) is 17.7 Å². The number of benzene rings is 2. The number of fused-ring (bicyclic) bond motifs is 1. The van der Waals surface area contributed by atoms with Gasteiger partial charge in [-0.1, -0.05) is 42.5 Å². The molecule has 2 aromatic carbocycles. The summed E-state index contributed by atoms with van der Waals surface area (Å²) >= 11 is 1.38. The van der Waals surface area contributed by atoms with Crippen molar-refractivity contribution in [1.29, 1.82) is 0 Å². The first kappa shape index (κ1) is 13.6. The van der Waals surface area contributed by atoms with Crippen molar-refractivity contribution in [1.82, 2.24) is 4.98 Å². The Morgan fingerprint density at radius 2 is 2.05 bits per heavy atom. The van der Waals surface area contributed by atoms with Crippen molar-refractivity contribution in [2.24, 2.45) is 0 Å². The number of hydrogen-bond donors (Lipinski definition) is 1. The number of carbonyl (C=O) groups is 1. The van der Waals surface area contributed by atoms with Crippen LogP contribution < -0.4 is 5.32 Å². The second kappa shape index (κ2) is 5.93. The summed E-state index contributed by atoms with van der Waals surface area (Å²) in [6.07, 6.45) is -0.476. The van der Waals surface area contributed by atoms with Gasteiger partial charge in [-0.3, -0.25) is 5.32 Å². The molecule has 0 aliphatic heterocycles. The molecular weight excluding hydrogens is 284 g/mol. The van der Waals surface area contributed by atoms with Gasteiger partial charge in [-0.15, -0.1) is 11.3 Å². The maximum atomic E-state index is 11.4. The van der Waals surface area contributed by atoms with E-state index in [9.17, 15) is 4.79 Å². The molecule has 1 amide bonds. The van der Waals surface area contributed by atoms with Crippen molar-refractivity contribution in [3.8, 4) is 11.3 Å². The molecule has 0 radical (unpaired) electrons. The van der Waals surface area contributed by atoms with Gasteiger partial charge in [0.15, 0.2) is 5.13 Å². The zero-order valence-electron chi connectivity index (χ0n) is 11.5. The number of carbonyl (C=O) groups excluding carboxylic acids is 1. The van der Waals surface area contributed by atoms with Gasteiger partial charge >= 0.3 is 6.09 Å². The molecule has 1 N–H and O–H groups in total. The number of amides is 1. The Kier molecular flexibility index (Phi) is 3.83. The van der Waals surface area contributed by atoms with Crippen molar-refractivity contribution < 1.29 is 9.53 Å². The Hall–Kier alpha value is -2.40. The predicted octanol–water partition coefficient (Wildman–Crippen LogP) is 4.53. The summed E-state index contributed by atoms with van der Waals surface area (Å²) in [5, 5.41) is 7.42. The van der Waals surface area contributed by atoms with E-state index < -0.39 is 6.09 Å². The van der Waals surface area contributed by atoms with Crippen LogP contribution in [0.1, 0.15) is 6.92 Å². The fourth-order valence-electron chi connectivity index (χ4n) is 2.16. The van der Waals surface area contributed by atoms with E-state index in [0.29, 0.717) is 11.7 Å². The normalized spacial score (nSPS) is 10.5. The van der Waals surface area contributed by atoms with Gasteiger partial charge in [0.05, 0.1) is 12.3 Å². The van der Waals surface area contributed by atoms with E-state index in [-0.39, 0.29) is 0 Å². The van der Waals surface area contributed by atoms with Crippen LogP contribution in [0, 0.1) is 0 Å². The minimum absolute atomic E-state index is 0.341. The lowest BCUT2D eigenvalue weighted by molar-refractivity contribution is 0.168. The maximum absolute atomic E-state index is 11.4. The van der Waals surface area contributed by atoms with Crippen molar-refractivity contribution in [3.05, 3.63) is 47.8 Å². The van der Waals surface area contributed by atoms with E-state index in [4.69, 9.17) is 4.74 Å². The summed E-state index contributed by atoms with van der Waals surface area (Å²) in [6.45, 7) is 2.11. The molecule has 0 atom stereocenters. The van der Waals surface area contributed by atoms with Gasteiger partial charge in [-0.2, -0.15) is 0 Å². The largest absolute Gasteiger partial charge is 0.450 e. The Labute approximate surface area is 126 Å². The number of rotatable bonds is 3. The zero-order chi connectivity index (χ0) is 14.7. The zero-order valence-corrected chi connectivity index (χ0v) is 12.3. The third-order valence-corrected chi connectivity index (χ3v) is 3.81. The van der Waals surface area contributed by atoms with Crippen molar-refractivity contribution in [2.75, 3.05) is 11.9 Å². The number of hydrogen-bond acceptors (Lipinski definition) is 4. The molecule has 3 aromatic rings. The molecule has 3 rings (SSSR count). The maximum Gasteiger partial charge on any atom is 0.413 e. The molecule has 0 saturated carbocycles. The highest BCUT2D eigenvalue weighted by molar-refractivity contribution is 7.14. The topological polar surface area (TPSA) is 51.2 Å². The molecule has 1 heterocycles. The summed E-state index contributed by atoms with van der Waals surface area (Å²) in [5.41, 5.74) is 1.91. The highest BCUT2D eigenvalue weighted by atomic mass is 32.1. The van der Waals surface area contributed by atoms with Crippen LogP contribution in [-0.2, 0) is 4.74 Å². The third-order valence-electron chi connectivity index (χ3n) is 3.05. The van der Waals surface area contributed by atoms with Gasteiger partial charge in [0.2, 0.25) is 0 Å². The molecule has 4 nitrogen and oxygen atoms in total. The van der Waals surface area contributed by atoms with E-state index >= 15 is 0 Å². The average Bonchev–Trinajstić information content (AvgIpc) is 2.95. The van der Waals surface area contributed by atoms with Gasteiger partial charge in [-0.25, -0.2) is 9.78 Å². The number of anilines is 1. The Morgan fingerprint density at radius 1 is 1.24 bits per heavy atom. The highest BCUT2D eigenvalue weighted by Gasteiger charge is 2.10. The molecule has 0 saturated heterocycles. The van der Waals surface area contributed by atoms with Crippen LogP contribution in [0.15, 0.2) is 47.8 Å². The first-order chi connectivity index (χ1) is 10.3. The number of aromatic nitrogens is 1. The molecule has 106 valence electrons. The van der Waals surface area contributed by atoms with E-state index in [1.807, 2.05) is 29.6 Å². The monoisotopic (exact) mass is 298 g/mol. The van der Waals surface area contributed by atoms with Crippen LogP contribution in [0.2, 0.25) is 0 Å². The molecule has 0 spiro atoms. The van der Waals surface area contributed by atoms with E-state index in [0.717, 1.165) is 16.6 Å². The van der Waals surface area contributed by atoms with Crippen LogP contribution >= 0.6 is 11.3 Å². The van der Waals surface area contributed by atoms with Gasteiger partial charge in [0.25, 0.3) is 0 Å². The number of thiazole rings is 1. The molecule has 21 heavy (non-hydrogen) atoms. The van der Waals surface area contributed by atoms with Crippen LogP contribution in [0.25, 0.3) is 22.0 Å². The SMILES string of the molecule is CCOC(=O)Nc1nc(-c2cccc3ccccc23)cs1. The molecule has 0 aliphatic carbocycles. The van der Waals surface area contributed by atoms with Crippen LogP contribution in [-0.4, -0.2) is 17.7 Å². The van der Waals surface area contributed by atoms with Crippen LogP contribution in [0.3, 0.4) is 0 Å². The van der Waals surface area contributed by atoms with Gasteiger partial charge < -0.3 is 4.74 Å². The van der Waals surface area contributed by atoms with E-state index in [2.05, 4.69) is 28.5 Å². The lowest BCUT2D eigenvalue weighted by Gasteiger charge is -2.03. The lowest BCUT2D eigenvalue weighted by Crippen LogP contribution is -2.12. The second-order valence-electron chi connectivity index (χ2n) is 4.41. The van der Waals surface area contributed by atoms with E-state index in [1.165, 1.54) is 16.7 Å². The number of nitrogens with zero attached hydrogens (tertiary/aromatic N) is 1. The molecular formula is C16H14N2O2S. The summed E-state index contributed by atoms with van der Waals surface area (Å²) < 4.78 is 4.85. The first-order valence-electron chi connectivity index (χ1n) is 6.65. The predicted molar refractivity (Wildman–Crippen MR) is 85.7 cm³/mol. The molecule has 0 aliphatic rings. The van der Waals surface area contributed by atoms with Crippen LogP contribution in [0.5, 0.6) is 0 Å². The Bertz CT molecular complexity index is 777. The summed E-state index contributed by atoms with van der Waals surface area (Å²) in [5.74, 6) is 0. The lowest BCUT2D eigenvalue weighted by atomic mass is 10.0. The molecule has 1 aromatic heterocycles. The quantitative estimate of drug-likeness (QED) is 0.772. The summed E-state index contributed by atoms with van der Waals surface area (Å²) in [6, 6.07) is 14.3. The third kappa shape index (κ3) is 2.87. The fraction of sp³-hybridized carbons (Fsp3) is 0.125. The minimum Gasteiger partial charge on any atom is -0.450 e. The molecule has 0 fully saturated rings.